The number of hydrogen-bond acceptors (Lipinski definition) is 3. The van der Waals surface area contributed by atoms with Crippen molar-refractivity contribution < 1.29 is 14.3 Å². The minimum Gasteiger partial charge on any atom is -0.485 e. The molecule has 1 aromatic carbocycles. The number of para-hydroxylation sites is 2. The van der Waals surface area contributed by atoms with Crippen LogP contribution in [-0.2, 0) is 4.79 Å². The highest BCUT2D eigenvalue weighted by Gasteiger charge is 2.28. The van der Waals surface area contributed by atoms with Crippen molar-refractivity contribution in [1.82, 2.24) is 5.32 Å². The van der Waals surface area contributed by atoms with Crippen LogP contribution >= 0.6 is 15.9 Å². The summed E-state index contributed by atoms with van der Waals surface area (Å²) < 4.78 is 11.2. The van der Waals surface area contributed by atoms with Gasteiger partial charge in [0.05, 0.1) is 0 Å². The lowest BCUT2D eigenvalue weighted by Crippen LogP contribution is -2.46. The van der Waals surface area contributed by atoms with Crippen molar-refractivity contribution in [2.75, 3.05) is 18.5 Å². The quantitative estimate of drug-likeness (QED) is 0.837. The van der Waals surface area contributed by atoms with Crippen LogP contribution in [0.1, 0.15) is 20.3 Å². The van der Waals surface area contributed by atoms with Crippen LogP contribution in [0.3, 0.4) is 0 Å². The number of halogens is 1. The van der Waals surface area contributed by atoms with Crippen LogP contribution < -0.4 is 14.8 Å². The zero-order valence-electron chi connectivity index (χ0n) is 11.8. The molecule has 1 unspecified atom stereocenters. The summed E-state index contributed by atoms with van der Waals surface area (Å²) in [4.78, 5) is 12.1. The Morgan fingerprint density at radius 2 is 2.10 bits per heavy atom. The van der Waals surface area contributed by atoms with Crippen molar-refractivity contribution in [3.05, 3.63) is 24.3 Å². The zero-order valence-corrected chi connectivity index (χ0v) is 13.4. The van der Waals surface area contributed by atoms with Gasteiger partial charge in [0.15, 0.2) is 11.5 Å². The number of hydrogen-bond donors (Lipinski definition) is 1. The molecule has 2 rings (SSSR count). The molecule has 4 nitrogen and oxygen atoms in total. The lowest BCUT2D eigenvalue weighted by molar-refractivity contribution is -0.130. The number of alkyl halides is 1. The average Bonchev–Trinajstić information content (AvgIpc) is 2.44. The maximum absolute atomic E-state index is 12.1. The van der Waals surface area contributed by atoms with Crippen LogP contribution in [-0.4, -0.2) is 30.5 Å². The molecule has 1 N–H and O–H groups in total. The van der Waals surface area contributed by atoms with Crippen LogP contribution in [0.15, 0.2) is 24.3 Å². The van der Waals surface area contributed by atoms with Gasteiger partial charge in [-0.1, -0.05) is 41.9 Å². The fourth-order valence-electron chi connectivity index (χ4n) is 1.93. The average molecular weight is 342 g/mol. The molecule has 1 aliphatic rings. The Morgan fingerprint density at radius 3 is 2.80 bits per heavy atom. The van der Waals surface area contributed by atoms with Gasteiger partial charge in [0.25, 0.3) is 5.91 Å². The lowest BCUT2D eigenvalue weighted by atomic mass is 9.90. The molecule has 0 radical (unpaired) electrons. The standard InChI is InChI=1S/C15H20BrNO3/c1-15(2,7-8-16)10-17-14(18)13-9-19-11-5-3-4-6-12(11)20-13/h3-6,13H,7-10H2,1-2H3,(H,17,18). The molecule has 0 bridgehead atoms. The fourth-order valence-corrected chi connectivity index (χ4v) is 3.01. The largest absolute Gasteiger partial charge is 0.485 e. The van der Waals surface area contributed by atoms with Crippen molar-refractivity contribution in [2.24, 2.45) is 5.41 Å². The van der Waals surface area contributed by atoms with Gasteiger partial charge >= 0.3 is 0 Å². The maximum Gasteiger partial charge on any atom is 0.264 e. The molecule has 1 amide bonds. The Morgan fingerprint density at radius 1 is 1.40 bits per heavy atom. The minimum atomic E-state index is -0.579. The van der Waals surface area contributed by atoms with Crippen molar-refractivity contribution >= 4 is 21.8 Å². The van der Waals surface area contributed by atoms with E-state index in [0.29, 0.717) is 18.0 Å². The molecule has 5 heteroatoms. The summed E-state index contributed by atoms with van der Waals surface area (Å²) in [5.74, 6) is 1.19. The highest BCUT2D eigenvalue weighted by molar-refractivity contribution is 9.09. The first-order valence-corrected chi connectivity index (χ1v) is 7.86. The van der Waals surface area contributed by atoms with E-state index < -0.39 is 6.10 Å². The molecular formula is C15H20BrNO3. The summed E-state index contributed by atoms with van der Waals surface area (Å²) in [6, 6.07) is 7.39. The Hall–Kier alpha value is -1.23. The van der Waals surface area contributed by atoms with E-state index in [2.05, 4.69) is 35.1 Å². The summed E-state index contributed by atoms with van der Waals surface area (Å²) in [6.07, 6.45) is 0.419. The zero-order chi connectivity index (χ0) is 14.6. The molecule has 20 heavy (non-hydrogen) atoms. The predicted molar refractivity (Wildman–Crippen MR) is 81.6 cm³/mol. The van der Waals surface area contributed by atoms with Crippen molar-refractivity contribution in [3.63, 3.8) is 0 Å². The molecule has 0 aromatic heterocycles. The molecule has 0 saturated carbocycles. The van der Waals surface area contributed by atoms with Crippen LogP contribution in [0.25, 0.3) is 0 Å². The monoisotopic (exact) mass is 341 g/mol. The maximum atomic E-state index is 12.1. The highest BCUT2D eigenvalue weighted by Crippen LogP contribution is 2.31. The second-order valence-corrected chi connectivity index (χ2v) is 6.48. The van der Waals surface area contributed by atoms with Crippen LogP contribution in [0, 0.1) is 5.41 Å². The van der Waals surface area contributed by atoms with Crippen LogP contribution in [0.5, 0.6) is 11.5 Å². The van der Waals surface area contributed by atoms with E-state index in [1.807, 2.05) is 24.3 Å². The van der Waals surface area contributed by atoms with E-state index in [9.17, 15) is 4.79 Å². The molecule has 0 saturated heterocycles. The fraction of sp³-hybridized carbons (Fsp3) is 0.533. The van der Waals surface area contributed by atoms with Gasteiger partial charge in [-0.05, 0) is 24.0 Å². The minimum absolute atomic E-state index is 0.0621. The summed E-state index contributed by atoms with van der Waals surface area (Å²) in [5.41, 5.74) is 0.0621. The number of ether oxygens (including phenoxy) is 2. The Balaban J connectivity index is 1.89. The molecular weight excluding hydrogens is 322 g/mol. The van der Waals surface area contributed by atoms with E-state index in [1.165, 1.54) is 0 Å². The van der Waals surface area contributed by atoms with Gasteiger partial charge in [-0.25, -0.2) is 0 Å². The number of nitrogens with one attached hydrogen (secondary N) is 1. The van der Waals surface area contributed by atoms with E-state index in [1.54, 1.807) is 0 Å². The third kappa shape index (κ3) is 3.88. The molecule has 1 aromatic rings. The summed E-state index contributed by atoms with van der Waals surface area (Å²) in [6.45, 7) is 5.13. The number of carbonyl (C=O) groups excluding carboxylic acids is 1. The Labute approximate surface area is 128 Å². The first-order valence-electron chi connectivity index (χ1n) is 6.74. The molecule has 1 aliphatic heterocycles. The van der Waals surface area contributed by atoms with E-state index in [4.69, 9.17) is 9.47 Å². The third-order valence-corrected chi connectivity index (χ3v) is 3.71. The molecule has 110 valence electrons. The smallest absolute Gasteiger partial charge is 0.264 e. The van der Waals surface area contributed by atoms with E-state index >= 15 is 0 Å². The van der Waals surface area contributed by atoms with Gasteiger partial charge in [0.2, 0.25) is 6.10 Å². The second kappa shape index (κ2) is 6.48. The predicted octanol–water partition coefficient (Wildman–Crippen LogP) is 2.75. The normalized spacial score (nSPS) is 17.6. The summed E-state index contributed by atoms with van der Waals surface area (Å²) in [5, 5.41) is 3.87. The molecule has 0 aliphatic carbocycles. The van der Waals surface area contributed by atoms with Gasteiger partial charge in [-0.2, -0.15) is 0 Å². The van der Waals surface area contributed by atoms with Crippen LogP contribution in [0.4, 0.5) is 0 Å². The Kier molecular flexibility index (Phi) is 4.91. The second-order valence-electron chi connectivity index (χ2n) is 5.69. The number of carbonyl (C=O) groups is 1. The Bertz CT molecular complexity index is 476. The summed E-state index contributed by atoms with van der Waals surface area (Å²) >= 11 is 3.43. The molecule has 0 spiro atoms. The lowest BCUT2D eigenvalue weighted by Gasteiger charge is -2.28. The SMILES string of the molecule is CC(C)(CCBr)CNC(=O)C1COc2ccccc2O1. The number of rotatable bonds is 5. The van der Waals surface area contributed by atoms with Gasteiger partial charge in [-0.3, -0.25) is 4.79 Å². The third-order valence-electron chi connectivity index (χ3n) is 3.31. The molecule has 1 atom stereocenters. The molecule has 0 fully saturated rings. The number of amides is 1. The molecule has 1 heterocycles. The summed E-state index contributed by atoms with van der Waals surface area (Å²) in [7, 11) is 0. The number of benzene rings is 1. The number of fused-ring (bicyclic) bond motifs is 1. The van der Waals surface area contributed by atoms with Gasteiger partial charge in [0, 0.05) is 11.9 Å². The van der Waals surface area contributed by atoms with Crippen molar-refractivity contribution in [2.45, 2.75) is 26.4 Å². The van der Waals surface area contributed by atoms with Gasteiger partial charge in [-0.15, -0.1) is 0 Å². The van der Waals surface area contributed by atoms with Gasteiger partial charge in [0.1, 0.15) is 6.61 Å². The van der Waals surface area contributed by atoms with Crippen LogP contribution in [0.2, 0.25) is 0 Å². The first kappa shape index (κ1) is 15.2. The first-order chi connectivity index (χ1) is 9.52. The van der Waals surface area contributed by atoms with Gasteiger partial charge < -0.3 is 14.8 Å². The topological polar surface area (TPSA) is 47.6 Å². The highest BCUT2D eigenvalue weighted by atomic mass is 79.9. The van der Waals surface area contributed by atoms with Crippen molar-refractivity contribution in [3.8, 4) is 11.5 Å². The van der Waals surface area contributed by atoms with E-state index in [-0.39, 0.29) is 17.9 Å². The van der Waals surface area contributed by atoms with E-state index in [0.717, 1.165) is 11.8 Å². The van der Waals surface area contributed by atoms with Crippen molar-refractivity contribution in [1.29, 1.82) is 0 Å².